The fraction of sp³-hybridized carbons (Fsp3) is 0.429. The first kappa shape index (κ1) is 35.1. The summed E-state index contributed by atoms with van der Waals surface area (Å²) in [6.07, 6.45) is 0.514. The zero-order valence-corrected chi connectivity index (χ0v) is 28.1. The molecule has 4 N–H and O–H groups in total. The van der Waals surface area contributed by atoms with Crippen LogP contribution in [0.4, 0.5) is 5.69 Å². The summed E-state index contributed by atoms with van der Waals surface area (Å²) in [6, 6.07) is 22.2. The minimum absolute atomic E-state index is 0.105. The highest BCUT2D eigenvalue weighted by molar-refractivity contribution is 7.92. The fourth-order valence-corrected chi connectivity index (χ4v) is 6.25. The minimum Gasteiger partial charge on any atom is -0.389 e. The molecule has 248 valence electrons. The Bertz CT molecular complexity index is 1570. The number of anilines is 1. The lowest BCUT2D eigenvalue weighted by atomic mass is 9.94. The predicted octanol–water partition coefficient (Wildman–Crippen LogP) is 3.21. The van der Waals surface area contributed by atoms with Crippen molar-refractivity contribution in [1.82, 2.24) is 20.9 Å². The van der Waals surface area contributed by atoms with Gasteiger partial charge in [0.25, 0.3) is 11.8 Å². The maximum absolute atomic E-state index is 13.9. The average molecular weight is 650 g/mol. The van der Waals surface area contributed by atoms with Gasteiger partial charge in [0.15, 0.2) is 0 Å². The highest BCUT2D eigenvalue weighted by atomic mass is 32.2. The molecule has 4 atom stereocenters. The first-order chi connectivity index (χ1) is 21.8. The molecule has 46 heavy (non-hydrogen) atoms. The van der Waals surface area contributed by atoms with Crippen molar-refractivity contribution in [3.05, 3.63) is 101 Å². The standard InChI is InChI=1S/C35H47N5O5S/c1-24(2)22-40-17-16-36-32(23-40)33(41)31(18-26-12-8-6-9-13-26)38-35(43)29-19-28(20-30(21-29)39(4)46(5,44)45)34(42)37-25(3)27-14-10-7-11-15-27/h6-15,19-21,24-25,31-33,36,41H,16-18,22-23H2,1-5H3,(H,37,42)(H,38,43). The Morgan fingerprint density at radius 1 is 0.957 bits per heavy atom. The van der Waals surface area contributed by atoms with Crippen LogP contribution < -0.4 is 20.3 Å². The third-order valence-corrected chi connectivity index (χ3v) is 9.51. The molecular formula is C35H47N5O5S. The van der Waals surface area contributed by atoms with Gasteiger partial charge in [-0.15, -0.1) is 0 Å². The van der Waals surface area contributed by atoms with Crippen LogP contribution in [0.3, 0.4) is 0 Å². The average Bonchev–Trinajstić information content (AvgIpc) is 3.03. The minimum atomic E-state index is -3.70. The summed E-state index contributed by atoms with van der Waals surface area (Å²) in [5, 5.41) is 21.1. The zero-order chi connectivity index (χ0) is 33.4. The molecule has 0 radical (unpaired) electrons. The van der Waals surface area contributed by atoms with E-state index in [0.29, 0.717) is 18.9 Å². The summed E-state index contributed by atoms with van der Waals surface area (Å²) in [5.74, 6) is -0.495. The van der Waals surface area contributed by atoms with E-state index in [1.165, 1.54) is 25.2 Å². The summed E-state index contributed by atoms with van der Waals surface area (Å²) >= 11 is 0. The van der Waals surface area contributed by atoms with E-state index in [9.17, 15) is 23.1 Å². The molecule has 1 saturated heterocycles. The van der Waals surface area contributed by atoms with Gasteiger partial charge in [0.05, 0.1) is 30.1 Å². The number of carbonyl (C=O) groups excluding carboxylic acids is 2. The smallest absolute Gasteiger partial charge is 0.251 e. The van der Waals surface area contributed by atoms with E-state index in [1.54, 1.807) is 0 Å². The Balaban J connectivity index is 1.63. The van der Waals surface area contributed by atoms with Crippen LogP contribution in [-0.2, 0) is 16.4 Å². The number of piperazine rings is 1. The van der Waals surface area contributed by atoms with Gasteiger partial charge in [0.1, 0.15) is 0 Å². The normalized spacial score (nSPS) is 17.6. The maximum atomic E-state index is 13.9. The number of amides is 2. The topological polar surface area (TPSA) is 131 Å². The largest absolute Gasteiger partial charge is 0.389 e. The molecule has 10 nitrogen and oxygen atoms in total. The molecule has 11 heteroatoms. The SMILES string of the molecule is CC(C)CN1CCNC(C(O)C(Cc2ccccc2)NC(=O)c2cc(C(=O)NC(C)c3ccccc3)cc(N(C)S(C)(=O)=O)c2)C1. The van der Waals surface area contributed by atoms with Crippen LogP contribution in [-0.4, -0.2) is 87.9 Å². The van der Waals surface area contributed by atoms with Crippen LogP contribution in [0.5, 0.6) is 0 Å². The molecule has 2 amide bonds. The monoisotopic (exact) mass is 649 g/mol. The van der Waals surface area contributed by atoms with Gasteiger partial charge in [0.2, 0.25) is 10.0 Å². The van der Waals surface area contributed by atoms with Crippen LogP contribution >= 0.6 is 0 Å². The Kier molecular flexibility index (Phi) is 12.0. The van der Waals surface area contributed by atoms with E-state index >= 15 is 0 Å². The third-order valence-electron chi connectivity index (χ3n) is 8.30. The number of nitrogens with zero attached hydrogens (tertiary/aromatic N) is 2. The Morgan fingerprint density at radius 3 is 2.13 bits per heavy atom. The molecule has 0 aliphatic carbocycles. The lowest BCUT2D eigenvalue weighted by Gasteiger charge is -2.39. The number of aliphatic hydroxyl groups excluding tert-OH is 1. The maximum Gasteiger partial charge on any atom is 0.251 e. The van der Waals surface area contributed by atoms with Crippen molar-refractivity contribution in [2.75, 3.05) is 43.8 Å². The van der Waals surface area contributed by atoms with E-state index in [4.69, 9.17) is 0 Å². The number of carbonyl (C=O) groups is 2. The van der Waals surface area contributed by atoms with E-state index in [-0.39, 0.29) is 28.9 Å². The summed E-state index contributed by atoms with van der Waals surface area (Å²) in [6.45, 7) is 9.33. The third kappa shape index (κ3) is 9.62. The zero-order valence-electron chi connectivity index (χ0n) is 27.3. The number of hydrogen-bond donors (Lipinski definition) is 4. The van der Waals surface area contributed by atoms with Gasteiger partial charge in [-0.25, -0.2) is 8.42 Å². The number of sulfonamides is 1. The lowest BCUT2D eigenvalue weighted by Crippen LogP contribution is -2.61. The van der Waals surface area contributed by atoms with Crippen LogP contribution in [0, 0.1) is 5.92 Å². The van der Waals surface area contributed by atoms with Gasteiger partial charge in [-0.05, 0) is 48.6 Å². The van der Waals surface area contributed by atoms with Gasteiger partial charge in [0, 0.05) is 50.4 Å². The first-order valence-corrected chi connectivity index (χ1v) is 17.6. The highest BCUT2D eigenvalue weighted by Crippen LogP contribution is 2.23. The number of benzene rings is 3. The number of aliphatic hydroxyl groups is 1. The van der Waals surface area contributed by atoms with Crippen molar-refractivity contribution in [3.8, 4) is 0 Å². The van der Waals surface area contributed by atoms with Crippen molar-refractivity contribution >= 4 is 27.5 Å². The Labute approximate surface area is 273 Å². The second-order valence-corrected chi connectivity index (χ2v) is 14.6. The molecule has 1 fully saturated rings. The molecule has 1 heterocycles. The molecule has 3 aromatic rings. The van der Waals surface area contributed by atoms with Crippen LogP contribution in [0.25, 0.3) is 0 Å². The highest BCUT2D eigenvalue weighted by Gasteiger charge is 2.33. The van der Waals surface area contributed by atoms with Crippen molar-refractivity contribution in [2.45, 2.75) is 51.4 Å². The van der Waals surface area contributed by atoms with Crippen molar-refractivity contribution < 1.29 is 23.1 Å². The van der Waals surface area contributed by atoms with Crippen molar-refractivity contribution in [1.29, 1.82) is 0 Å². The molecule has 0 saturated carbocycles. The molecule has 0 spiro atoms. The number of nitrogens with one attached hydrogen (secondary N) is 3. The number of hydrogen-bond acceptors (Lipinski definition) is 7. The summed E-state index contributed by atoms with van der Waals surface area (Å²) in [5.41, 5.74) is 2.26. The quantitative estimate of drug-likeness (QED) is 0.224. The Hall–Kier alpha value is -3.77. The van der Waals surface area contributed by atoms with E-state index in [0.717, 1.165) is 41.3 Å². The van der Waals surface area contributed by atoms with Crippen molar-refractivity contribution in [3.63, 3.8) is 0 Å². The van der Waals surface area contributed by atoms with E-state index in [2.05, 4.69) is 34.7 Å². The van der Waals surface area contributed by atoms with Gasteiger partial charge in [-0.3, -0.25) is 13.9 Å². The van der Waals surface area contributed by atoms with Crippen LogP contribution in [0.2, 0.25) is 0 Å². The summed E-state index contributed by atoms with van der Waals surface area (Å²) in [7, 11) is -2.32. The molecule has 1 aliphatic heterocycles. The second kappa shape index (κ2) is 15.7. The van der Waals surface area contributed by atoms with Gasteiger partial charge >= 0.3 is 0 Å². The van der Waals surface area contributed by atoms with Crippen molar-refractivity contribution in [2.24, 2.45) is 5.92 Å². The molecule has 0 aromatic heterocycles. The molecule has 4 rings (SSSR count). The van der Waals surface area contributed by atoms with Gasteiger partial charge in [-0.2, -0.15) is 0 Å². The molecule has 3 aromatic carbocycles. The number of rotatable bonds is 13. The molecule has 4 unspecified atom stereocenters. The molecular weight excluding hydrogens is 602 g/mol. The summed E-state index contributed by atoms with van der Waals surface area (Å²) < 4.78 is 26.0. The molecule has 1 aliphatic rings. The van der Waals surface area contributed by atoms with E-state index in [1.807, 2.05) is 67.6 Å². The predicted molar refractivity (Wildman–Crippen MR) is 182 cm³/mol. The van der Waals surface area contributed by atoms with Gasteiger partial charge < -0.3 is 26.0 Å². The Morgan fingerprint density at radius 2 is 1.54 bits per heavy atom. The lowest BCUT2D eigenvalue weighted by molar-refractivity contribution is 0.0457. The van der Waals surface area contributed by atoms with Gasteiger partial charge in [-0.1, -0.05) is 74.5 Å². The summed E-state index contributed by atoms with van der Waals surface area (Å²) in [4.78, 5) is 29.7. The first-order valence-electron chi connectivity index (χ1n) is 15.7. The molecule has 0 bridgehead atoms. The van der Waals surface area contributed by atoms with Crippen LogP contribution in [0.1, 0.15) is 58.7 Å². The van der Waals surface area contributed by atoms with Crippen LogP contribution in [0.15, 0.2) is 78.9 Å². The fourth-order valence-electron chi connectivity index (χ4n) is 5.76. The second-order valence-electron chi connectivity index (χ2n) is 12.6. The van der Waals surface area contributed by atoms with E-state index < -0.39 is 34.0 Å².